The first kappa shape index (κ1) is 13.4. The Labute approximate surface area is 117 Å². The Balaban J connectivity index is 2.17. The summed E-state index contributed by atoms with van der Waals surface area (Å²) in [5.74, 6) is 0. The minimum Gasteiger partial charge on any atom is -0.368 e. The molecule has 0 amide bonds. The molecule has 0 aliphatic rings. The summed E-state index contributed by atoms with van der Waals surface area (Å²) in [6.07, 6.45) is 0. The van der Waals surface area contributed by atoms with Crippen molar-refractivity contribution in [2.75, 3.05) is 11.9 Å². The summed E-state index contributed by atoms with van der Waals surface area (Å²) in [6.45, 7) is 2.83. The maximum Gasteiger partial charge on any atom is 0.0642 e. The molecule has 0 aliphatic heterocycles. The van der Waals surface area contributed by atoms with Crippen LogP contribution >= 0.6 is 22.9 Å². The molecule has 4 heteroatoms. The minimum atomic E-state index is 0.0131. The number of anilines is 1. The zero-order valence-electron chi connectivity index (χ0n) is 10.6. The van der Waals surface area contributed by atoms with Gasteiger partial charge in [-0.15, -0.1) is 11.3 Å². The monoisotopic (exact) mass is 280 g/mol. The molecule has 0 spiro atoms. The van der Waals surface area contributed by atoms with Crippen LogP contribution in [-0.2, 0) is 6.54 Å². The number of halogens is 1. The molecule has 0 saturated carbocycles. The Hall–Kier alpha value is -1.03. The molecule has 1 atom stereocenters. The molecule has 0 radical (unpaired) electrons. The molecule has 2 N–H and O–H groups in total. The predicted molar refractivity (Wildman–Crippen MR) is 80.5 cm³/mol. The number of nitrogens with two attached hydrogens (primary N) is 1. The average Bonchev–Trinajstić information content (AvgIpc) is 2.81. The molecule has 96 valence electrons. The Morgan fingerprint density at radius 2 is 2.17 bits per heavy atom. The molecule has 1 aromatic heterocycles. The average molecular weight is 281 g/mol. The van der Waals surface area contributed by atoms with Crippen LogP contribution in [0.2, 0.25) is 5.02 Å². The number of benzene rings is 1. The second kappa shape index (κ2) is 5.74. The quantitative estimate of drug-likeness (QED) is 0.915. The van der Waals surface area contributed by atoms with E-state index in [2.05, 4.69) is 22.4 Å². The van der Waals surface area contributed by atoms with E-state index in [9.17, 15) is 0 Å². The van der Waals surface area contributed by atoms with Crippen LogP contribution in [0.15, 0.2) is 35.7 Å². The van der Waals surface area contributed by atoms with Crippen molar-refractivity contribution in [3.05, 3.63) is 51.2 Å². The second-order valence-electron chi connectivity index (χ2n) is 4.43. The third-order valence-electron chi connectivity index (χ3n) is 2.88. The number of hydrogen-bond donors (Lipinski definition) is 1. The second-order valence-corrected chi connectivity index (χ2v) is 5.87. The van der Waals surface area contributed by atoms with Gasteiger partial charge in [-0.05, 0) is 36.1 Å². The van der Waals surface area contributed by atoms with Gasteiger partial charge in [0.2, 0.25) is 0 Å². The molecule has 0 fully saturated rings. The summed E-state index contributed by atoms with van der Waals surface area (Å²) >= 11 is 8.07. The smallest absolute Gasteiger partial charge is 0.0642 e. The molecule has 2 nitrogen and oxygen atoms in total. The normalized spacial score (nSPS) is 12.4. The van der Waals surface area contributed by atoms with E-state index in [0.717, 1.165) is 22.8 Å². The fourth-order valence-corrected chi connectivity index (χ4v) is 2.93. The molecule has 0 unspecified atom stereocenters. The molecule has 0 bridgehead atoms. The SMILES string of the molecule is C[C@@H](N)c1ccc(N(C)Cc2cccs2)c(Cl)c1. The first-order valence-electron chi connectivity index (χ1n) is 5.86. The van der Waals surface area contributed by atoms with E-state index >= 15 is 0 Å². The van der Waals surface area contributed by atoms with Crippen LogP contribution in [0.1, 0.15) is 23.4 Å². The zero-order chi connectivity index (χ0) is 13.1. The van der Waals surface area contributed by atoms with Gasteiger partial charge in [0.25, 0.3) is 0 Å². The van der Waals surface area contributed by atoms with Gasteiger partial charge in [0.15, 0.2) is 0 Å². The zero-order valence-corrected chi connectivity index (χ0v) is 12.1. The number of nitrogens with zero attached hydrogens (tertiary/aromatic N) is 1. The van der Waals surface area contributed by atoms with E-state index in [4.69, 9.17) is 17.3 Å². The van der Waals surface area contributed by atoms with Crippen molar-refractivity contribution < 1.29 is 0 Å². The third-order valence-corrected chi connectivity index (χ3v) is 4.05. The molecule has 0 saturated heterocycles. The van der Waals surface area contributed by atoms with E-state index in [1.807, 2.05) is 32.2 Å². The minimum absolute atomic E-state index is 0.0131. The largest absolute Gasteiger partial charge is 0.368 e. The lowest BCUT2D eigenvalue weighted by atomic mass is 10.1. The highest BCUT2D eigenvalue weighted by Gasteiger charge is 2.09. The highest BCUT2D eigenvalue weighted by molar-refractivity contribution is 7.09. The topological polar surface area (TPSA) is 29.3 Å². The number of rotatable bonds is 4. The van der Waals surface area contributed by atoms with Crippen LogP contribution in [0.4, 0.5) is 5.69 Å². The van der Waals surface area contributed by atoms with Crippen molar-refractivity contribution >= 4 is 28.6 Å². The third kappa shape index (κ3) is 3.05. The molecular weight excluding hydrogens is 264 g/mol. The first-order valence-corrected chi connectivity index (χ1v) is 7.12. The molecular formula is C14H17ClN2S. The summed E-state index contributed by atoms with van der Waals surface area (Å²) in [7, 11) is 2.05. The maximum atomic E-state index is 6.31. The Morgan fingerprint density at radius 3 is 2.72 bits per heavy atom. The van der Waals surface area contributed by atoms with Gasteiger partial charge in [0.05, 0.1) is 17.3 Å². The first-order chi connectivity index (χ1) is 8.58. The van der Waals surface area contributed by atoms with Gasteiger partial charge in [0, 0.05) is 18.0 Å². The molecule has 1 heterocycles. The van der Waals surface area contributed by atoms with Crippen molar-refractivity contribution in [2.45, 2.75) is 19.5 Å². The van der Waals surface area contributed by atoms with Crippen LogP contribution in [0.5, 0.6) is 0 Å². The molecule has 2 rings (SSSR count). The predicted octanol–water partition coefficient (Wildman–Crippen LogP) is 4.06. The highest BCUT2D eigenvalue weighted by Crippen LogP contribution is 2.29. The van der Waals surface area contributed by atoms with Gasteiger partial charge in [0.1, 0.15) is 0 Å². The van der Waals surface area contributed by atoms with Gasteiger partial charge in [-0.3, -0.25) is 0 Å². The van der Waals surface area contributed by atoms with E-state index in [-0.39, 0.29) is 6.04 Å². The lowest BCUT2D eigenvalue weighted by molar-refractivity contribution is 0.817. The Bertz CT molecular complexity index is 509. The van der Waals surface area contributed by atoms with Crippen LogP contribution < -0.4 is 10.6 Å². The summed E-state index contributed by atoms with van der Waals surface area (Å²) in [5.41, 5.74) is 7.95. The van der Waals surface area contributed by atoms with Crippen molar-refractivity contribution in [1.29, 1.82) is 0 Å². The van der Waals surface area contributed by atoms with Crippen LogP contribution in [-0.4, -0.2) is 7.05 Å². The van der Waals surface area contributed by atoms with Gasteiger partial charge in [-0.25, -0.2) is 0 Å². The van der Waals surface area contributed by atoms with Crippen LogP contribution in [0.25, 0.3) is 0 Å². The fraction of sp³-hybridized carbons (Fsp3) is 0.286. The van der Waals surface area contributed by atoms with E-state index in [1.54, 1.807) is 11.3 Å². The van der Waals surface area contributed by atoms with Crippen molar-refractivity contribution in [1.82, 2.24) is 0 Å². The van der Waals surface area contributed by atoms with E-state index in [1.165, 1.54) is 4.88 Å². The number of hydrogen-bond acceptors (Lipinski definition) is 3. The summed E-state index contributed by atoms with van der Waals surface area (Å²) in [4.78, 5) is 3.48. The van der Waals surface area contributed by atoms with Gasteiger partial charge >= 0.3 is 0 Å². The molecule has 18 heavy (non-hydrogen) atoms. The van der Waals surface area contributed by atoms with Gasteiger partial charge < -0.3 is 10.6 Å². The van der Waals surface area contributed by atoms with Crippen LogP contribution in [0.3, 0.4) is 0 Å². The van der Waals surface area contributed by atoms with E-state index < -0.39 is 0 Å². The highest BCUT2D eigenvalue weighted by atomic mass is 35.5. The Morgan fingerprint density at radius 1 is 1.39 bits per heavy atom. The standard InChI is InChI=1S/C14H17ClN2S/c1-10(16)11-5-6-14(13(15)8-11)17(2)9-12-4-3-7-18-12/h3-8,10H,9,16H2,1-2H3/t10-/m1/s1. The van der Waals surface area contributed by atoms with Crippen molar-refractivity contribution in [2.24, 2.45) is 5.73 Å². The van der Waals surface area contributed by atoms with Gasteiger partial charge in [-0.1, -0.05) is 23.7 Å². The lowest BCUT2D eigenvalue weighted by Crippen LogP contribution is -2.16. The van der Waals surface area contributed by atoms with Crippen molar-refractivity contribution in [3.63, 3.8) is 0 Å². The molecule has 2 aromatic rings. The van der Waals surface area contributed by atoms with Gasteiger partial charge in [-0.2, -0.15) is 0 Å². The molecule has 0 aliphatic carbocycles. The van der Waals surface area contributed by atoms with Crippen molar-refractivity contribution in [3.8, 4) is 0 Å². The summed E-state index contributed by atoms with van der Waals surface area (Å²) < 4.78 is 0. The maximum absolute atomic E-state index is 6.31. The van der Waals surface area contributed by atoms with E-state index in [0.29, 0.717) is 0 Å². The summed E-state index contributed by atoms with van der Waals surface area (Å²) in [6, 6.07) is 10.2. The number of thiophene rings is 1. The molecule has 1 aromatic carbocycles. The fourth-order valence-electron chi connectivity index (χ4n) is 1.84. The van der Waals surface area contributed by atoms with Crippen LogP contribution in [0, 0.1) is 0 Å². The Kier molecular flexibility index (Phi) is 4.27. The summed E-state index contributed by atoms with van der Waals surface area (Å²) in [5, 5.41) is 2.84. The lowest BCUT2D eigenvalue weighted by Gasteiger charge is -2.21.